The molecule has 5 rings (SSSR count). The minimum atomic E-state index is -2.56. The quantitative estimate of drug-likeness (QED) is 0.547. The van der Waals surface area contributed by atoms with E-state index < -0.39 is 11.9 Å². The lowest BCUT2D eigenvalue weighted by Crippen LogP contribution is -2.32. The molecule has 4 heterocycles. The van der Waals surface area contributed by atoms with Gasteiger partial charge in [-0.25, -0.2) is 18.7 Å². The molecule has 9 heteroatoms. The monoisotopic (exact) mass is 386 g/mol. The van der Waals surface area contributed by atoms with E-state index in [1.165, 1.54) is 10.6 Å². The van der Waals surface area contributed by atoms with Crippen LogP contribution < -0.4 is 5.32 Å². The van der Waals surface area contributed by atoms with Crippen molar-refractivity contribution in [3.63, 3.8) is 0 Å². The molecular weight excluding hydrogens is 369 g/mol. The molecule has 4 aromatic rings. The van der Waals surface area contributed by atoms with Crippen LogP contribution in [0.25, 0.3) is 27.8 Å². The van der Waals surface area contributed by atoms with Crippen LogP contribution in [0.4, 0.5) is 19.1 Å². The zero-order chi connectivity index (χ0) is 19.3. The molecule has 1 aliphatic rings. The summed E-state index contributed by atoms with van der Waals surface area (Å²) in [5.41, 5.74) is 2.80. The maximum atomic E-state index is 13.8. The second kappa shape index (κ2) is 6.22. The van der Waals surface area contributed by atoms with Crippen LogP contribution in [0.3, 0.4) is 0 Å². The van der Waals surface area contributed by atoms with Gasteiger partial charge in [-0.05, 0) is 25.0 Å². The Bertz CT molecular complexity index is 1160. The van der Waals surface area contributed by atoms with Gasteiger partial charge in [0.15, 0.2) is 0 Å². The molecule has 0 saturated heterocycles. The largest absolute Gasteiger partial charge is 0.351 e. The highest BCUT2D eigenvalue weighted by Crippen LogP contribution is 2.34. The van der Waals surface area contributed by atoms with Crippen LogP contribution >= 0.6 is 0 Å². The lowest BCUT2D eigenvalue weighted by molar-refractivity contribution is -0.0361. The molecule has 1 aliphatic carbocycles. The van der Waals surface area contributed by atoms with Gasteiger partial charge in [-0.2, -0.15) is 9.37 Å². The van der Waals surface area contributed by atoms with Gasteiger partial charge in [0.05, 0.1) is 6.20 Å². The molecule has 2 N–H and O–H groups in total. The third kappa shape index (κ3) is 2.96. The van der Waals surface area contributed by atoms with Crippen LogP contribution in [0.2, 0.25) is 0 Å². The molecule has 28 heavy (non-hydrogen) atoms. The molecule has 0 atom stereocenters. The number of pyridine rings is 1. The Kier molecular flexibility index (Phi) is 3.78. The van der Waals surface area contributed by atoms with Gasteiger partial charge in [-0.3, -0.25) is 4.40 Å². The number of nitrogens with zero attached hydrogens (tertiary/aromatic N) is 4. The average Bonchev–Trinajstić information content (AvgIpc) is 3.27. The number of alkyl halides is 2. The van der Waals surface area contributed by atoms with Crippen molar-refractivity contribution in [2.45, 2.75) is 37.6 Å². The van der Waals surface area contributed by atoms with Gasteiger partial charge in [-0.1, -0.05) is 0 Å². The third-order valence-electron chi connectivity index (χ3n) is 5.25. The first-order chi connectivity index (χ1) is 13.5. The highest BCUT2D eigenvalue weighted by Gasteiger charge is 2.35. The van der Waals surface area contributed by atoms with Crippen LogP contribution in [0.5, 0.6) is 0 Å². The second-order valence-corrected chi connectivity index (χ2v) is 7.16. The Balaban J connectivity index is 1.42. The normalized spacial score (nSPS) is 17.4. The first-order valence-corrected chi connectivity index (χ1v) is 9.10. The summed E-state index contributed by atoms with van der Waals surface area (Å²) in [6.45, 7) is 0. The summed E-state index contributed by atoms with van der Waals surface area (Å²) in [5, 5.41) is 3.94. The second-order valence-electron chi connectivity index (χ2n) is 7.16. The van der Waals surface area contributed by atoms with Crippen LogP contribution in [-0.2, 0) is 0 Å². The molecule has 0 amide bonds. The van der Waals surface area contributed by atoms with E-state index in [1.807, 2.05) is 6.07 Å². The summed E-state index contributed by atoms with van der Waals surface area (Å²) in [5.74, 6) is -2.59. The summed E-state index contributed by atoms with van der Waals surface area (Å²) in [4.78, 5) is 15.9. The average molecular weight is 386 g/mol. The topological polar surface area (TPSA) is 70.9 Å². The zero-order valence-corrected chi connectivity index (χ0v) is 14.8. The molecule has 0 radical (unpaired) electrons. The standard InChI is InChI=1S/C19H17F3N6/c20-15-9-23-16-2-1-11(10-28(15)16)13-7-24-17-14(13)8-25-18(27-17)26-12-3-5-19(21,22)6-4-12/h1-2,7-10,12H,3-6H2,(H2,24,25,26,27). The SMILES string of the molecule is Fc1cnc2ccc(-c3c[nH]c4nc(NC5CCC(F)(F)CC5)ncc34)cn12. The summed E-state index contributed by atoms with van der Waals surface area (Å²) in [7, 11) is 0. The number of aromatic nitrogens is 5. The van der Waals surface area contributed by atoms with E-state index in [2.05, 4.69) is 25.3 Å². The highest BCUT2D eigenvalue weighted by atomic mass is 19.3. The Morgan fingerprint density at radius 2 is 1.96 bits per heavy atom. The van der Waals surface area contributed by atoms with Gasteiger partial charge in [-0.15, -0.1) is 0 Å². The van der Waals surface area contributed by atoms with E-state index in [9.17, 15) is 13.2 Å². The smallest absolute Gasteiger partial charge is 0.248 e. The first-order valence-electron chi connectivity index (χ1n) is 9.10. The molecule has 0 aromatic carbocycles. The first kappa shape index (κ1) is 17.0. The number of anilines is 1. The van der Waals surface area contributed by atoms with Crippen molar-refractivity contribution >= 4 is 22.6 Å². The molecular formula is C19H17F3N6. The van der Waals surface area contributed by atoms with Crippen molar-refractivity contribution in [2.75, 3.05) is 5.32 Å². The Morgan fingerprint density at radius 3 is 2.79 bits per heavy atom. The molecule has 144 valence electrons. The highest BCUT2D eigenvalue weighted by molar-refractivity contribution is 5.93. The lowest BCUT2D eigenvalue weighted by Gasteiger charge is -2.28. The van der Waals surface area contributed by atoms with E-state index in [4.69, 9.17) is 0 Å². The molecule has 4 aromatic heterocycles. The van der Waals surface area contributed by atoms with E-state index in [0.29, 0.717) is 30.1 Å². The number of nitrogens with one attached hydrogen (secondary N) is 2. The van der Waals surface area contributed by atoms with Gasteiger partial charge >= 0.3 is 0 Å². The number of aromatic amines is 1. The van der Waals surface area contributed by atoms with Crippen molar-refractivity contribution < 1.29 is 13.2 Å². The number of halogens is 3. The molecule has 0 unspecified atom stereocenters. The summed E-state index contributed by atoms with van der Waals surface area (Å²) < 4.78 is 41.8. The fraction of sp³-hybridized carbons (Fsp3) is 0.316. The Morgan fingerprint density at radius 1 is 1.14 bits per heavy atom. The summed E-state index contributed by atoms with van der Waals surface area (Å²) in [6, 6.07) is 3.55. The Hall–Kier alpha value is -3.10. The maximum absolute atomic E-state index is 13.8. The fourth-order valence-corrected chi connectivity index (χ4v) is 3.69. The molecule has 1 fully saturated rings. The molecule has 0 spiro atoms. The van der Waals surface area contributed by atoms with Crippen LogP contribution in [0.1, 0.15) is 25.7 Å². The summed E-state index contributed by atoms with van der Waals surface area (Å²) >= 11 is 0. The number of H-pyrrole nitrogens is 1. The number of imidazole rings is 1. The number of fused-ring (bicyclic) bond motifs is 2. The minimum Gasteiger partial charge on any atom is -0.351 e. The number of hydrogen-bond donors (Lipinski definition) is 2. The van der Waals surface area contributed by atoms with E-state index >= 15 is 0 Å². The molecule has 0 aliphatic heterocycles. The third-order valence-corrected chi connectivity index (χ3v) is 5.25. The molecule has 0 bridgehead atoms. The van der Waals surface area contributed by atoms with Gasteiger partial charge in [0, 0.05) is 54.0 Å². The number of rotatable bonds is 3. The minimum absolute atomic E-state index is 0.0573. The van der Waals surface area contributed by atoms with Crippen LogP contribution in [-0.4, -0.2) is 36.3 Å². The van der Waals surface area contributed by atoms with E-state index in [-0.39, 0.29) is 18.9 Å². The predicted octanol–water partition coefficient (Wildman–Crippen LogP) is 4.40. The molecule has 1 saturated carbocycles. The molecule has 6 nitrogen and oxygen atoms in total. The van der Waals surface area contributed by atoms with Crippen LogP contribution in [0, 0.1) is 5.95 Å². The fourth-order valence-electron chi connectivity index (χ4n) is 3.69. The lowest BCUT2D eigenvalue weighted by atomic mass is 9.92. The Labute approximate surface area is 157 Å². The van der Waals surface area contributed by atoms with E-state index in [0.717, 1.165) is 16.5 Å². The van der Waals surface area contributed by atoms with Gasteiger partial charge in [0.25, 0.3) is 0 Å². The van der Waals surface area contributed by atoms with Crippen LogP contribution in [0.15, 0.2) is 36.9 Å². The van der Waals surface area contributed by atoms with Crippen molar-refractivity contribution in [3.8, 4) is 11.1 Å². The zero-order valence-electron chi connectivity index (χ0n) is 14.8. The number of hydrogen-bond acceptors (Lipinski definition) is 4. The van der Waals surface area contributed by atoms with Crippen molar-refractivity contribution in [2.24, 2.45) is 0 Å². The van der Waals surface area contributed by atoms with Crippen molar-refractivity contribution in [3.05, 3.63) is 42.9 Å². The predicted molar refractivity (Wildman–Crippen MR) is 98.9 cm³/mol. The van der Waals surface area contributed by atoms with Gasteiger partial charge in [0.1, 0.15) is 11.3 Å². The van der Waals surface area contributed by atoms with Gasteiger partial charge < -0.3 is 10.3 Å². The van der Waals surface area contributed by atoms with Gasteiger partial charge in [0.2, 0.25) is 17.8 Å². The van der Waals surface area contributed by atoms with Crippen molar-refractivity contribution in [1.82, 2.24) is 24.3 Å². The summed E-state index contributed by atoms with van der Waals surface area (Å²) in [6.07, 6.45) is 6.87. The maximum Gasteiger partial charge on any atom is 0.248 e. The van der Waals surface area contributed by atoms with Crippen molar-refractivity contribution in [1.29, 1.82) is 0 Å². The van der Waals surface area contributed by atoms with E-state index in [1.54, 1.807) is 24.7 Å².